The molecule has 1 aliphatic heterocycles. The molecule has 0 bridgehead atoms. The van der Waals surface area contributed by atoms with Gasteiger partial charge in [0.15, 0.2) is 0 Å². The number of nitrogens with zero attached hydrogens (tertiary/aromatic N) is 1. The lowest BCUT2D eigenvalue weighted by molar-refractivity contribution is 0.234. The molecule has 1 heterocycles. The summed E-state index contributed by atoms with van der Waals surface area (Å²) in [6.45, 7) is 2.52. The van der Waals surface area contributed by atoms with Crippen molar-refractivity contribution in [2.75, 3.05) is 19.7 Å². The summed E-state index contributed by atoms with van der Waals surface area (Å²) in [5.41, 5.74) is 0. The highest BCUT2D eigenvalue weighted by Crippen LogP contribution is 2.17. The van der Waals surface area contributed by atoms with E-state index in [9.17, 15) is 0 Å². The average molecular weight is 133 g/mol. The summed E-state index contributed by atoms with van der Waals surface area (Å²) in [4.78, 5) is 0. The van der Waals surface area contributed by atoms with E-state index in [2.05, 4.69) is 14.1 Å². The lowest BCUT2D eigenvalue weighted by Crippen LogP contribution is -2.09. The molecule has 3 heteroatoms. The van der Waals surface area contributed by atoms with Gasteiger partial charge >= 0.3 is 0 Å². The molecule has 1 saturated heterocycles. The summed E-state index contributed by atoms with van der Waals surface area (Å²) >= 11 is 0. The van der Waals surface area contributed by atoms with Gasteiger partial charge in [-0.05, 0) is 12.3 Å². The van der Waals surface area contributed by atoms with E-state index >= 15 is 0 Å². The van der Waals surface area contributed by atoms with E-state index in [1.807, 2.05) is 0 Å². The van der Waals surface area contributed by atoms with Gasteiger partial charge in [-0.3, -0.25) is 4.67 Å². The van der Waals surface area contributed by atoms with E-state index in [1.54, 1.807) is 0 Å². The number of hydrogen-bond donors (Lipinski definition) is 1. The molecule has 1 fully saturated rings. The molecule has 0 radical (unpaired) electrons. The molecule has 0 saturated carbocycles. The average Bonchev–Trinajstić information content (AvgIpc) is 2.14. The van der Waals surface area contributed by atoms with Gasteiger partial charge in [-0.25, -0.2) is 0 Å². The van der Waals surface area contributed by atoms with Gasteiger partial charge in [0, 0.05) is 19.7 Å². The minimum Gasteiger partial charge on any atom is -0.396 e. The summed E-state index contributed by atoms with van der Waals surface area (Å²) < 4.78 is 2.17. The molecule has 0 aromatic carbocycles. The first-order valence-corrected chi connectivity index (χ1v) is 3.45. The second kappa shape index (κ2) is 2.77. The van der Waals surface area contributed by atoms with Crippen LogP contribution in [-0.2, 0) is 0 Å². The SMILES string of the molecule is OC[C@@H]1CCN(P)C1. The minimum atomic E-state index is 0.352. The third-order valence-corrected chi connectivity index (χ3v) is 2.04. The summed E-state index contributed by atoms with van der Waals surface area (Å²) in [6.07, 6.45) is 1.15. The molecule has 0 aliphatic carbocycles. The Morgan fingerprint density at radius 1 is 1.75 bits per heavy atom. The van der Waals surface area contributed by atoms with Crippen LogP contribution in [0.2, 0.25) is 0 Å². The van der Waals surface area contributed by atoms with Gasteiger partial charge in [0.25, 0.3) is 0 Å². The van der Waals surface area contributed by atoms with Crippen molar-refractivity contribution in [1.29, 1.82) is 0 Å². The van der Waals surface area contributed by atoms with Crippen molar-refractivity contribution in [1.82, 2.24) is 4.67 Å². The molecule has 0 aromatic heterocycles. The lowest BCUT2D eigenvalue weighted by atomic mass is 10.1. The van der Waals surface area contributed by atoms with Gasteiger partial charge in [0.05, 0.1) is 0 Å². The van der Waals surface area contributed by atoms with E-state index in [1.165, 1.54) is 0 Å². The topological polar surface area (TPSA) is 23.5 Å². The number of aliphatic hydroxyl groups is 1. The van der Waals surface area contributed by atoms with Gasteiger partial charge in [-0.15, -0.1) is 0 Å². The molecule has 1 unspecified atom stereocenters. The van der Waals surface area contributed by atoms with Crippen molar-refractivity contribution < 1.29 is 5.11 Å². The van der Waals surface area contributed by atoms with Crippen molar-refractivity contribution in [3.8, 4) is 0 Å². The quantitative estimate of drug-likeness (QED) is 0.512. The Hall–Kier alpha value is 0.350. The molecule has 1 rings (SSSR count). The van der Waals surface area contributed by atoms with Gasteiger partial charge in [0.1, 0.15) is 0 Å². The molecule has 8 heavy (non-hydrogen) atoms. The fourth-order valence-electron chi connectivity index (χ4n) is 1.01. The van der Waals surface area contributed by atoms with Crippen LogP contribution in [0.15, 0.2) is 0 Å². The predicted molar refractivity (Wildman–Crippen MR) is 36.5 cm³/mol. The normalized spacial score (nSPS) is 31.5. The fraction of sp³-hybridized carbons (Fsp3) is 1.00. The van der Waals surface area contributed by atoms with E-state index in [0.29, 0.717) is 12.5 Å². The van der Waals surface area contributed by atoms with Gasteiger partial charge in [-0.1, -0.05) is 9.39 Å². The smallest absolute Gasteiger partial charge is 0.0472 e. The molecule has 1 N–H and O–H groups in total. The Bertz CT molecular complexity index is 78.8. The van der Waals surface area contributed by atoms with Crippen LogP contribution in [0, 0.1) is 5.92 Å². The van der Waals surface area contributed by atoms with E-state index < -0.39 is 0 Å². The molecule has 1 aliphatic rings. The highest BCUT2D eigenvalue weighted by Gasteiger charge is 2.17. The van der Waals surface area contributed by atoms with Gasteiger partial charge in [-0.2, -0.15) is 0 Å². The highest BCUT2D eigenvalue weighted by molar-refractivity contribution is 7.13. The van der Waals surface area contributed by atoms with Crippen LogP contribution in [0.5, 0.6) is 0 Å². The van der Waals surface area contributed by atoms with Crippen LogP contribution < -0.4 is 0 Å². The number of hydrogen-bond acceptors (Lipinski definition) is 2. The molecular weight excluding hydrogens is 121 g/mol. The first kappa shape index (κ1) is 6.47. The van der Waals surface area contributed by atoms with Crippen LogP contribution in [0.4, 0.5) is 0 Å². The fourth-order valence-corrected chi connectivity index (χ4v) is 1.46. The van der Waals surface area contributed by atoms with E-state index in [4.69, 9.17) is 5.11 Å². The first-order chi connectivity index (χ1) is 3.83. The van der Waals surface area contributed by atoms with Gasteiger partial charge < -0.3 is 5.11 Å². The Morgan fingerprint density at radius 2 is 2.50 bits per heavy atom. The van der Waals surface area contributed by atoms with Crippen molar-refractivity contribution >= 4 is 9.39 Å². The van der Waals surface area contributed by atoms with Crippen LogP contribution in [-0.4, -0.2) is 29.5 Å². The predicted octanol–water partition coefficient (Wildman–Crippen LogP) is 0.0907. The van der Waals surface area contributed by atoms with Crippen molar-refractivity contribution in [3.63, 3.8) is 0 Å². The first-order valence-electron chi connectivity index (χ1n) is 2.93. The number of rotatable bonds is 1. The van der Waals surface area contributed by atoms with Crippen LogP contribution in [0.25, 0.3) is 0 Å². The Balaban J connectivity index is 2.22. The third kappa shape index (κ3) is 1.41. The third-order valence-electron chi connectivity index (χ3n) is 1.58. The zero-order valence-electron chi connectivity index (χ0n) is 4.88. The molecule has 2 nitrogen and oxygen atoms in total. The molecular formula is C5H12NOP. The molecule has 0 aromatic rings. The minimum absolute atomic E-state index is 0.352. The maximum absolute atomic E-state index is 8.65. The van der Waals surface area contributed by atoms with Gasteiger partial charge in [0.2, 0.25) is 0 Å². The highest BCUT2D eigenvalue weighted by atomic mass is 31.0. The largest absolute Gasteiger partial charge is 0.396 e. The van der Waals surface area contributed by atoms with E-state index in [0.717, 1.165) is 19.5 Å². The van der Waals surface area contributed by atoms with E-state index in [-0.39, 0.29) is 0 Å². The van der Waals surface area contributed by atoms with Crippen molar-refractivity contribution in [3.05, 3.63) is 0 Å². The Morgan fingerprint density at radius 3 is 2.75 bits per heavy atom. The zero-order chi connectivity index (χ0) is 5.98. The maximum Gasteiger partial charge on any atom is 0.0472 e. The summed E-state index contributed by atoms with van der Waals surface area (Å²) in [7, 11) is 2.65. The molecule has 0 spiro atoms. The summed E-state index contributed by atoms with van der Waals surface area (Å²) in [5, 5.41) is 8.65. The maximum atomic E-state index is 8.65. The summed E-state index contributed by atoms with van der Waals surface area (Å²) in [5.74, 6) is 0.535. The lowest BCUT2D eigenvalue weighted by Gasteiger charge is -2.05. The molecule has 2 atom stereocenters. The van der Waals surface area contributed by atoms with Crippen LogP contribution >= 0.6 is 9.39 Å². The number of aliphatic hydroxyl groups excluding tert-OH is 1. The van der Waals surface area contributed by atoms with Crippen LogP contribution in [0.1, 0.15) is 6.42 Å². The second-order valence-corrected chi connectivity index (χ2v) is 3.06. The van der Waals surface area contributed by atoms with Crippen LogP contribution in [0.3, 0.4) is 0 Å². The Labute approximate surface area is 52.1 Å². The Kier molecular flexibility index (Phi) is 2.24. The standard InChI is InChI=1S/C5H12NOP/c7-4-5-1-2-6(8)3-5/h5,7H,1-4,8H2/t5-/m1/s1. The van der Waals surface area contributed by atoms with Crippen molar-refractivity contribution in [2.24, 2.45) is 5.92 Å². The molecule has 0 amide bonds. The molecule has 48 valence electrons. The zero-order valence-corrected chi connectivity index (χ0v) is 6.03. The summed E-state index contributed by atoms with van der Waals surface area (Å²) in [6, 6.07) is 0. The van der Waals surface area contributed by atoms with Crippen molar-refractivity contribution in [2.45, 2.75) is 6.42 Å². The second-order valence-electron chi connectivity index (χ2n) is 2.33. The monoisotopic (exact) mass is 133 g/mol.